The first-order chi connectivity index (χ1) is 17.3. The Morgan fingerprint density at radius 2 is 1.75 bits per heavy atom. The van der Waals surface area contributed by atoms with E-state index in [1.807, 2.05) is 24.3 Å². The van der Waals surface area contributed by atoms with E-state index in [9.17, 15) is 19.2 Å². The molecule has 2 aliphatic rings. The number of thioether (sulfide) groups is 1. The van der Waals surface area contributed by atoms with E-state index in [-0.39, 0.29) is 35.8 Å². The fraction of sp³-hybridized carbons (Fsp3) is 0.333. The molecule has 9 heteroatoms. The number of anilines is 1. The minimum atomic E-state index is -0.462. The van der Waals surface area contributed by atoms with Crippen LogP contribution in [0.15, 0.2) is 53.4 Å². The molecule has 0 radical (unpaired) electrons. The molecule has 0 aliphatic carbocycles. The van der Waals surface area contributed by atoms with Gasteiger partial charge < -0.3 is 15.0 Å². The second-order valence-corrected chi connectivity index (χ2v) is 10.00. The SMILES string of the molecule is CC(C)c1ccccc1NC(=O)COc1ccc(/C=C2/SC(=O)N(CC(=O)N3CCCC3)C2=O)cc1. The van der Waals surface area contributed by atoms with Gasteiger partial charge in [-0.05, 0) is 65.9 Å². The van der Waals surface area contributed by atoms with E-state index >= 15 is 0 Å². The molecule has 2 heterocycles. The highest BCUT2D eigenvalue weighted by Crippen LogP contribution is 2.32. The first-order valence-electron chi connectivity index (χ1n) is 12.0. The molecule has 2 aromatic carbocycles. The van der Waals surface area contributed by atoms with E-state index in [1.165, 1.54) is 0 Å². The number of carbonyl (C=O) groups excluding carboxylic acids is 4. The van der Waals surface area contributed by atoms with Crippen molar-refractivity contribution in [1.82, 2.24) is 9.80 Å². The van der Waals surface area contributed by atoms with E-state index in [4.69, 9.17) is 4.74 Å². The molecule has 0 unspecified atom stereocenters. The zero-order valence-electron chi connectivity index (χ0n) is 20.4. The largest absolute Gasteiger partial charge is 0.484 e. The second-order valence-electron chi connectivity index (χ2n) is 9.00. The summed E-state index contributed by atoms with van der Waals surface area (Å²) in [6, 6.07) is 14.5. The zero-order chi connectivity index (χ0) is 25.7. The summed E-state index contributed by atoms with van der Waals surface area (Å²) in [4.78, 5) is 52.7. The number of nitrogens with zero attached hydrogens (tertiary/aromatic N) is 2. The summed E-state index contributed by atoms with van der Waals surface area (Å²) in [5.74, 6) is -0.138. The van der Waals surface area contributed by atoms with Crippen LogP contribution < -0.4 is 10.1 Å². The van der Waals surface area contributed by atoms with Crippen LogP contribution in [0.4, 0.5) is 10.5 Å². The van der Waals surface area contributed by atoms with Crippen molar-refractivity contribution in [1.29, 1.82) is 0 Å². The standard InChI is InChI=1S/C27H29N3O5S/c1-18(2)21-7-3-4-8-22(21)28-24(31)17-35-20-11-9-19(10-12-20)15-23-26(33)30(27(34)36-23)16-25(32)29-13-5-6-14-29/h3-4,7-12,15,18H,5-6,13-14,16-17H2,1-2H3,(H,28,31)/b23-15+. The van der Waals surface area contributed by atoms with Crippen LogP contribution in [0.3, 0.4) is 0 Å². The lowest BCUT2D eigenvalue weighted by atomic mass is 10.0. The summed E-state index contributed by atoms with van der Waals surface area (Å²) in [5, 5.41) is 2.45. The molecular formula is C27H29N3O5S. The summed E-state index contributed by atoms with van der Waals surface area (Å²) in [6.45, 7) is 5.11. The van der Waals surface area contributed by atoms with Gasteiger partial charge in [-0.2, -0.15) is 0 Å². The highest BCUT2D eigenvalue weighted by Gasteiger charge is 2.37. The molecule has 2 fully saturated rings. The highest BCUT2D eigenvalue weighted by molar-refractivity contribution is 8.18. The van der Waals surface area contributed by atoms with Gasteiger partial charge in [0.2, 0.25) is 5.91 Å². The van der Waals surface area contributed by atoms with Crippen molar-refractivity contribution < 1.29 is 23.9 Å². The van der Waals surface area contributed by atoms with Gasteiger partial charge in [-0.25, -0.2) is 0 Å². The Balaban J connectivity index is 1.32. The van der Waals surface area contributed by atoms with E-state index in [0.29, 0.717) is 24.4 Å². The number of hydrogen-bond donors (Lipinski definition) is 1. The number of imide groups is 1. The van der Waals surface area contributed by atoms with Gasteiger partial charge in [0.05, 0.1) is 4.91 Å². The number of rotatable bonds is 8. The summed E-state index contributed by atoms with van der Waals surface area (Å²) in [5.41, 5.74) is 2.53. The number of ether oxygens (including phenoxy) is 1. The molecule has 0 aromatic heterocycles. The van der Waals surface area contributed by atoms with Crippen LogP contribution in [-0.2, 0) is 14.4 Å². The van der Waals surface area contributed by atoms with Crippen molar-refractivity contribution in [3.05, 3.63) is 64.6 Å². The Kier molecular flexibility index (Phi) is 8.10. The number of likely N-dealkylation sites (tertiary alicyclic amines) is 1. The summed E-state index contributed by atoms with van der Waals surface area (Å²) in [7, 11) is 0. The smallest absolute Gasteiger partial charge is 0.294 e. The minimum absolute atomic E-state index is 0.143. The third-order valence-electron chi connectivity index (χ3n) is 6.03. The maximum atomic E-state index is 12.7. The van der Waals surface area contributed by atoms with Crippen molar-refractivity contribution in [2.75, 3.05) is 31.6 Å². The van der Waals surface area contributed by atoms with Crippen molar-refractivity contribution in [3.8, 4) is 5.75 Å². The Hall–Kier alpha value is -3.59. The van der Waals surface area contributed by atoms with Gasteiger partial charge in [-0.15, -0.1) is 0 Å². The van der Waals surface area contributed by atoms with Gasteiger partial charge in [-0.1, -0.05) is 44.2 Å². The maximum absolute atomic E-state index is 12.7. The monoisotopic (exact) mass is 507 g/mol. The Morgan fingerprint density at radius 3 is 2.44 bits per heavy atom. The lowest BCUT2D eigenvalue weighted by molar-refractivity contribution is -0.135. The van der Waals surface area contributed by atoms with Crippen molar-refractivity contribution >= 4 is 46.5 Å². The van der Waals surface area contributed by atoms with Crippen LogP contribution in [0.5, 0.6) is 5.75 Å². The Morgan fingerprint density at radius 1 is 1.06 bits per heavy atom. The molecule has 188 valence electrons. The first kappa shape index (κ1) is 25.5. The molecule has 2 aromatic rings. The number of nitrogens with one attached hydrogen (secondary N) is 1. The van der Waals surface area contributed by atoms with Crippen molar-refractivity contribution in [2.24, 2.45) is 0 Å². The first-order valence-corrected chi connectivity index (χ1v) is 12.8. The van der Waals surface area contributed by atoms with Crippen molar-refractivity contribution in [2.45, 2.75) is 32.6 Å². The van der Waals surface area contributed by atoms with E-state index < -0.39 is 11.1 Å². The summed E-state index contributed by atoms with van der Waals surface area (Å²) < 4.78 is 5.60. The lowest BCUT2D eigenvalue weighted by Crippen LogP contribution is -2.40. The molecular weight excluding hydrogens is 478 g/mol. The van der Waals surface area contributed by atoms with Crippen molar-refractivity contribution in [3.63, 3.8) is 0 Å². The third kappa shape index (κ3) is 6.15. The van der Waals surface area contributed by atoms with E-state index in [2.05, 4.69) is 19.2 Å². The predicted molar refractivity (Wildman–Crippen MR) is 140 cm³/mol. The quantitative estimate of drug-likeness (QED) is 0.529. The molecule has 0 atom stereocenters. The second kappa shape index (κ2) is 11.4. The Labute approximate surface area is 214 Å². The van der Waals surface area contributed by atoms with E-state index in [1.54, 1.807) is 35.2 Å². The molecule has 1 N–H and O–H groups in total. The van der Waals surface area contributed by atoms with Gasteiger partial charge in [0.25, 0.3) is 17.1 Å². The zero-order valence-corrected chi connectivity index (χ0v) is 21.2. The molecule has 36 heavy (non-hydrogen) atoms. The Bertz CT molecular complexity index is 1190. The summed E-state index contributed by atoms with van der Waals surface area (Å²) in [6.07, 6.45) is 3.51. The topological polar surface area (TPSA) is 96.0 Å². The third-order valence-corrected chi connectivity index (χ3v) is 6.94. The minimum Gasteiger partial charge on any atom is -0.484 e. The molecule has 4 amide bonds. The van der Waals surface area contributed by atoms with Gasteiger partial charge in [0.1, 0.15) is 12.3 Å². The van der Waals surface area contributed by atoms with Crippen LogP contribution >= 0.6 is 11.8 Å². The fourth-order valence-corrected chi connectivity index (χ4v) is 4.94. The number of amides is 4. The van der Waals surface area contributed by atoms with Crippen LogP contribution in [0.2, 0.25) is 0 Å². The fourth-order valence-electron chi connectivity index (χ4n) is 4.10. The molecule has 8 nitrogen and oxygen atoms in total. The molecule has 0 saturated carbocycles. The molecule has 2 saturated heterocycles. The predicted octanol–water partition coefficient (Wildman–Crippen LogP) is 4.49. The van der Waals surface area contributed by atoms with Gasteiger partial charge in [0.15, 0.2) is 6.61 Å². The van der Waals surface area contributed by atoms with E-state index in [0.717, 1.165) is 40.8 Å². The number of hydrogen-bond acceptors (Lipinski definition) is 6. The number of carbonyl (C=O) groups is 4. The number of para-hydroxylation sites is 1. The van der Waals surface area contributed by atoms with Crippen LogP contribution in [0.1, 0.15) is 43.7 Å². The lowest BCUT2D eigenvalue weighted by Gasteiger charge is -2.18. The molecule has 0 spiro atoms. The normalized spacial score (nSPS) is 16.8. The van der Waals surface area contributed by atoms with Gasteiger partial charge >= 0.3 is 0 Å². The average molecular weight is 508 g/mol. The number of benzene rings is 2. The average Bonchev–Trinajstić information content (AvgIpc) is 3.49. The molecule has 0 bridgehead atoms. The molecule has 2 aliphatic heterocycles. The maximum Gasteiger partial charge on any atom is 0.294 e. The molecule has 4 rings (SSSR count). The highest BCUT2D eigenvalue weighted by atomic mass is 32.2. The van der Waals surface area contributed by atoms with Gasteiger partial charge in [-0.3, -0.25) is 24.1 Å². The van der Waals surface area contributed by atoms with Crippen LogP contribution in [0.25, 0.3) is 6.08 Å². The van der Waals surface area contributed by atoms with Gasteiger partial charge in [0, 0.05) is 18.8 Å². The summed E-state index contributed by atoms with van der Waals surface area (Å²) >= 11 is 0.827. The van der Waals surface area contributed by atoms with Crippen LogP contribution in [0, 0.1) is 0 Å². The van der Waals surface area contributed by atoms with Crippen LogP contribution in [-0.4, -0.2) is 59.0 Å².